The highest BCUT2D eigenvalue weighted by atomic mass is 127. The van der Waals surface area contributed by atoms with Crippen molar-refractivity contribution in [1.29, 1.82) is 0 Å². The van der Waals surface area contributed by atoms with Crippen molar-refractivity contribution in [3.63, 3.8) is 0 Å². The first-order valence-electron chi connectivity index (χ1n) is 6.95. The van der Waals surface area contributed by atoms with E-state index in [2.05, 4.69) is 45.0 Å². The van der Waals surface area contributed by atoms with Crippen LogP contribution in [-0.4, -0.2) is 29.8 Å². The third kappa shape index (κ3) is 7.80. The molecule has 0 bridgehead atoms. The number of rotatable bonds is 8. The van der Waals surface area contributed by atoms with E-state index >= 15 is 0 Å². The van der Waals surface area contributed by atoms with E-state index in [9.17, 15) is 0 Å². The van der Waals surface area contributed by atoms with Crippen LogP contribution in [0.4, 0.5) is 0 Å². The van der Waals surface area contributed by atoms with Crippen LogP contribution in [0, 0.1) is 0 Å². The van der Waals surface area contributed by atoms with Gasteiger partial charge in [0.1, 0.15) is 4.34 Å². The number of hydrogen-bond donors (Lipinski definition) is 2. The first kappa shape index (κ1) is 19.7. The SMILES string of the molecule is CCNC(=NCc1cccs1)NCCCSc1nccs1.I. The van der Waals surface area contributed by atoms with Crippen LogP contribution in [0.15, 0.2) is 38.4 Å². The van der Waals surface area contributed by atoms with Gasteiger partial charge in [-0.15, -0.1) is 46.7 Å². The molecule has 2 aromatic rings. The Labute approximate surface area is 161 Å². The predicted octanol–water partition coefficient (Wildman–Crippen LogP) is 4.06. The largest absolute Gasteiger partial charge is 0.357 e. The summed E-state index contributed by atoms with van der Waals surface area (Å²) < 4.78 is 1.15. The lowest BCUT2D eigenvalue weighted by molar-refractivity contribution is 0.790. The van der Waals surface area contributed by atoms with Gasteiger partial charge in [0.05, 0.1) is 6.54 Å². The highest BCUT2D eigenvalue weighted by Crippen LogP contribution is 2.20. The van der Waals surface area contributed by atoms with Gasteiger partial charge in [0.2, 0.25) is 0 Å². The summed E-state index contributed by atoms with van der Waals surface area (Å²) in [5.74, 6) is 1.97. The molecule has 0 radical (unpaired) electrons. The first-order valence-corrected chi connectivity index (χ1v) is 9.70. The van der Waals surface area contributed by atoms with Crippen molar-refractivity contribution in [3.8, 4) is 0 Å². The Morgan fingerprint density at radius 2 is 2.23 bits per heavy atom. The molecule has 22 heavy (non-hydrogen) atoms. The summed E-state index contributed by atoms with van der Waals surface area (Å²) >= 11 is 5.25. The van der Waals surface area contributed by atoms with Crippen molar-refractivity contribution in [2.45, 2.75) is 24.2 Å². The van der Waals surface area contributed by atoms with Crippen molar-refractivity contribution in [3.05, 3.63) is 34.0 Å². The molecule has 0 fully saturated rings. The summed E-state index contributed by atoms with van der Waals surface area (Å²) in [7, 11) is 0. The second kappa shape index (κ2) is 12.1. The van der Waals surface area contributed by atoms with E-state index in [4.69, 9.17) is 0 Å². The topological polar surface area (TPSA) is 49.3 Å². The summed E-state index contributed by atoms with van der Waals surface area (Å²) in [6, 6.07) is 4.17. The number of aromatic nitrogens is 1. The predicted molar refractivity (Wildman–Crippen MR) is 110 cm³/mol. The van der Waals surface area contributed by atoms with Gasteiger partial charge < -0.3 is 10.6 Å². The molecule has 0 aliphatic heterocycles. The van der Waals surface area contributed by atoms with E-state index in [-0.39, 0.29) is 24.0 Å². The number of aliphatic imine (C=N–C) groups is 1. The minimum absolute atomic E-state index is 0. The fourth-order valence-electron chi connectivity index (χ4n) is 1.62. The van der Waals surface area contributed by atoms with E-state index in [1.807, 2.05) is 23.3 Å². The van der Waals surface area contributed by atoms with Crippen LogP contribution >= 0.6 is 58.4 Å². The Bertz CT molecular complexity index is 514. The Morgan fingerprint density at radius 3 is 2.91 bits per heavy atom. The number of halogens is 1. The van der Waals surface area contributed by atoms with Crippen molar-refractivity contribution in [1.82, 2.24) is 15.6 Å². The molecule has 0 aliphatic carbocycles. The summed E-state index contributed by atoms with van der Waals surface area (Å²) in [6.07, 6.45) is 2.94. The molecule has 2 N–H and O–H groups in total. The monoisotopic (exact) mass is 468 g/mol. The normalized spacial score (nSPS) is 11.0. The van der Waals surface area contributed by atoms with Crippen LogP contribution in [0.1, 0.15) is 18.2 Å². The molecular formula is C14H21IN4S3. The minimum Gasteiger partial charge on any atom is -0.357 e. The third-order valence-electron chi connectivity index (χ3n) is 2.57. The maximum absolute atomic E-state index is 4.59. The van der Waals surface area contributed by atoms with Crippen LogP contribution in [0.2, 0.25) is 0 Å². The molecule has 0 saturated heterocycles. The maximum atomic E-state index is 4.59. The van der Waals surface area contributed by atoms with E-state index in [1.54, 1.807) is 22.7 Å². The Kier molecular flexibility index (Phi) is 10.9. The molecule has 0 unspecified atom stereocenters. The van der Waals surface area contributed by atoms with Crippen LogP contribution in [0.25, 0.3) is 0 Å². The number of thiazole rings is 1. The average Bonchev–Trinajstić information content (AvgIpc) is 3.17. The average molecular weight is 468 g/mol. The van der Waals surface area contributed by atoms with E-state index in [1.165, 1.54) is 4.88 Å². The van der Waals surface area contributed by atoms with Gasteiger partial charge in [-0.05, 0) is 24.8 Å². The highest BCUT2D eigenvalue weighted by molar-refractivity contribution is 14.0. The van der Waals surface area contributed by atoms with E-state index in [0.717, 1.165) is 42.1 Å². The highest BCUT2D eigenvalue weighted by Gasteiger charge is 1.99. The van der Waals surface area contributed by atoms with E-state index in [0.29, 0.717) is 0 Å². The van der Waals surface area contributed by atoms with Crippen molar-refractivity contribution < 1.29 is 0 Å². The smallest absolute Gasteiger partial charge is 0.191 e. The second-order valence-corrected chi connectivity index (χ2v) is 7.47. The lowest BCUT2D eigenvalue weighted by Gasteiger charge is -2.10. The molecule has 122 valence electrons. The van der Waals surface area contributed by atoms with Crippen LogP contribution in [0.3, 0.4) is 0 Å². The molecule has 0 aliphatic rings. The summed E-state index contributed by atoms with van der Waals surface area (Å²) in [5, 5.41) is 10.8. The molecule has 2 heterocycles. The number of hydrogen-bond acceptors (Lipinski definition) is 5. The molecule has 0 saturated carbocycles. The fraction of sp³-hybridized carbons (Fsp3) is 0.429. The Morgan fingerprint density at radius 1 is 1.32 bits per heavy atom. The van der Waals surface area contributed by atoms with Gasteiger partial charge in [-0.25, -0.2) is 9.98 Å². The molecule has 4 nitrogen and oxygen atoms in total. The lowest BCUT2D eigenvalue weighted by atomic mass is 10.4. The lowest BCUT2D eigenvalue weighted by Crippen LogP contribution is -2.37. The van der Waals surface area contributed by atoms with Gasteiger partial charge in [0.15, 0.2) is 5.96 Å². The van der Waals surface area contributed by atoms with Crippen molar-refractivity contribution in [2.75, 3.05) is 18.8 Å². The zero-order chi connectivity index (χ0) is 14.8. The fourth-order valence-corrected chi connectivity index (χ4v) is 3.90. The zero-order valence-electron chi connectivity index (χ0n) is 12.4. The van der Waals surface area contributed by atoms with Crippen molar-refractivity contribution in [2.24, 2.45) is 4.99 Å². The summed E-state index contributed by atoms with van der Waals surface area (Å²) in [4.78, 5) is 10.1. The molecular weight excluding hydrogens is 447 g/mol. The molecule has 0 amide bonds. The van der Waals surface area contributed by atoms with E-state index < -0.39 is 0 Å². The number of thioether (sulfide) groups is 1. The van der Waals surface area contributed by atoms with Gasteiger partial charge in [-0.3, -0.25) is 0 Å². The standard InChI is InChI=1S/C14H20N4S3.HI/c1-2-15-13(18-11-12-5-3-8-19-12)16-6-4-9-20-14-17-7-10-21-14;/h3,5,7-8,10H,2,4,6,9,11H2,1H3,(H2,15,16,18);1H. The first-order chi connectivity index (χ1) is 10.4. The minimum atomic E-state index is 0. The van der Waals surface area contributed by atoms with Gasteiger partial charge in [0.25, 0.3) is 0 Å². The second-order valence-electron chi connectivity index (χ2n) is 4.20. The van der Waals surface area contributed by atoms with Crippen LogP contribution in [-0.2, 0) is 6.54 Å². The number of nitrogens with one attached hydrogen (secondary N) is 2. The van der Waals surface area contributed by atoms with Crippen molar-refractivity contribution >= 4 is 64.4 Å². The summed E-state index contributed by atoms with van der Waals surface area (Å²) in [5.41, 5.74) is 0. The molecule has 0 aromatic carbocycles. The molecule has 0 spiro atoms. The van der Waals surface area contributed by atoms with Gasteiger partial charge in [-0.2, -0.15) is 0 Å². The Hall–Kier alpha value is -0.320. The number of nitrogens with zero attached hydrogens (tertiary/aromatic N) is 2. The number of guanidine groups is 1. The molecule has 2 rings (SSSR count). The summed E-state index contributed by atoms with van der Waals surface area (Å²) in [6.45, 7) is 4.63. The van der Waals surface area contributed by atoms with Crippen LogP contribution < -0.4 is 10.6 Å². The van der Waals surface area contributed by atoms with Gasteiger partial charge in [0, 0.05) is 35.3 Å². The third-order valence-corrected chi connectivity index (χ3v) is 5.48. The van der Waals surface area contributed by atoms with Gasteiger partial charge in [-0.1, -0.05) is 17.8 Å². The van der Waals surface area contributed by atoms with Crippen LogP contribution in [0.5, 0.6) is 0 Å². The maximum Gasteiger partial charge on any atom is 0.191 e. The number of thiophene rings is 1. The zero-order valence-corrected chi connectivity index (χ0v) is 17.2. The molecule has 0 atom stereocenters. The molecule has 2 aromatic heterocycles. The Balaban J connectivity index is 0.00000242. The van der Waals surface area contributed by atoms with Gasteiger partial charge >= 0.3 is 0 Å². The quantitative estimate of drug-likeness (QED) is 0.202. The molecule has 8 heteroatoms.